The van der Waals surface area contributed by atoms with E-state index in [4.69, 9.17) is 21.1 Å². The Labute approximate surface area is 186 Å². The van der Waals surface area contributed by atoms with Crippen LogP contribution < -0.4 is 20.9 Å². The minimum atomic E-state index is -0.540. The van der Waals surface area contributed by atoms with Crippen LogP contribution in [0.15, 0.2) is 46.0 Å². The van der Waals surface area contributed by atoms with Gasteiger partial charge in [-0.15, -0.1) is 0 Å². The van der Waals surface area contributed by atoms with Crippen molar-refractivity contribution in [3.8, 4) is 22.9 Å². The second-order valence-electron chi connectivity index (χ2n) is 7.34. The van der Waals surface area contributed by atoms with Gasteiger partial charge in [-0.25, -0.2) is 23.9 Å². The maximum absolute atomic E-state index is 13.0. The predicted octanol–water partition coefficient (Wildman–Crippen LogP) is 4.64. The number of hydrogen-bond acceptors (Lipinski definition) is 4. The van der Waals surface area contributed by atoms with Crippen molar-refractivity contribution in [1.82, 2.24) is 14.3 Å². The third kappa shape index (κ3) is 5.22. The van der Waals surface area contributed by atoms with Crippen LogP contribution in [0.3, 0.4) is 0 Å². The molecule has 1 heterocycles. The number of rotatable bonds is 10. The molecule has 1 N–H and O–H groups in total. The maximum atomic E-state index is 13.0. The van der Waals surface area contributed by atoms with Gasteiger partial charge >= 0.3 is 11.4 Å². The minimum Gasteiger partial charge on any atom is -0.494 e. The fraction of sp³-hybridized carbons (Fsp3) is 0.391. The van der Waals surface area contributed by atoms with Crippen LogP contribution in [0, 0.1) is 6.92 Å². The van der Waals surface area contributed by atoms with E-state index < -0.39 is 11.4 Å². The zero-order valence-electron chi connectivity index (χ0n) is 18.1. The molecule has 0 aliphatic carbocycles. The molecule has 31 heavy (non-hydrogen) atoms. The van der Waals surface area contributed by atoms with E-state index in [1.165, 1.54) is 4.68 Å². The van der Waals surface area contributed by atoms with Crippen LogP contribution in [-0.4, -0.2) is 27.6 Å². The largest absolute Gasteiger partial charge is 0.494 e. The highest BCUT2D eigenvalue weighted by Gasteiger charge is 2.16. The summed E-state index contributed by atoms with van der Waals surface area (Å²) < 4.78 is 13.7. The van der Waals surface area contributed by atoms with Crippen LogP contribution in [-0.2, 0) is 0 Å². The number of aromatic amines is 1. The van der Waals surface area contributed by atoms with Crippen molar-refractivity contribution in [2.75, 3.05) is 13.2 Å². The number of ether oxygens (including phenoxy) is 2. The van der Waals surface area contributed by atoms with E-state index >= 15 is 0 Å². The van der Waals surface area contributed by atoms with Crippen molar-refractivity contribution in [3.63, 3.8) is 0 Å². The molecule has 8 heteroatoms. The van der Waals surface area contributed by atoms with Crippen LogP contribution in [0.25, 0.3) is 11.4 Å². The summed E-state index contributed by atoms with van der Waals surface area (Å²) in [4.78, 5) is 25.5. The first-order chi connectivity index (χ1) is 15.0. The summed E-state index contributed by atoms with van der Waals surface area (Å²) in [6, 6.07) is 10.2. The number of nitrogens with one attached hydrogen (secondary N) is 1. The summed E-state index contributed by atoms with van der Waals surface area (Å²) in [6.45, 7) is 7.24. The molecular weight excluding hydrogens is 418 g/mol. The Morgan fingerprint density at radius 1 is 0.935 bits per heavy atom. The lowest BCUT2D eigenvalue weighted by molar-refractivity contribution is 0.307. The molecule has 0 radical (unpaired) electrons. The lowest BCUT2D eigenvalue weighted by atomic mass is 10.2. The fourth-order valence-corrected chi connectivity index (χ4v) is 3.47. The zero-order valence-corrected chi connectivity index (χ0v) is 18.9. The van der Waals surface area contributed by atoms with E-state index in [1.807, 2.05) is 6.92 Å². The van der Waals surface area contributed by atoms with Gasteiger partial charge in [0.1, 0.15) is 11.5 Å². The molecule has 7 nitrogen and oxygen atoms in total. The van der Waals surface area contributed by atoms with E-state index in [0.717, 1.165) is 35.8 Å². The highest BCUT2D eigenvalue weighted by Crippen LogP contribution is 2.31. The van der Waals surface area contributed by atoms with E-state index in [1.54, 1.807) is 36.4 Å². The van der Waals surface area contributed by atoms with Crippen molar-refractivity contribution in [3.05, 3.63) is 68.0 Å². The smallest absolute Gasteiger partial charge is 0.356 e. The van der Waals surface area contributed by atoms with Crippen molar-refractivity contribution in [2.24, 2.45) is 0 Å². The van der Waals surface area contributed by atoms with Gasteiger partial charge in [0.2, 0.25) is 0 Å². The normalized spacial score (nSPS) is 11.0. The standard InChI is InChI=1S/C23H28ClN3O4/c1-4-6-12-30-19-10-8-17(9-11-19)26-22(28)25-27(23(26)29)18-14-16(3)21(20(24)15-18)31-13-7-5-2/h8-11,14-15H,4-7,12-13H2,1-3H3,(H,25,28). The van der Waals surface area contributed by atoms with Gasteiger partial charge in [0.05, 0.1) is 29.6 Å². The van der Waals surface area contributed by atoms with E-state index in [0.29, 0.717) is 41.1 Å². The number of hydrogen-bond donors (Lipinski definition) is 1. The SMILES string of the molecule is CCCCOc1ccc(-n2c(=O)[nH]n(-c3cc(C)c(OCCCC)c(Cl)c3)c2=O)cc1. The number of aromatic nitrogens is 3. The van der Waals surface area contributed by atoms with Gasteiger partial charge in [-0.3, -0.25) is 0 Å². The number of halogens is 1. The third-order valence-electron chi connectivity index (χ3n) is 4.87. The lowest BCUT2D eigenvalue weighted by Gasteiger charge is -2.12. The second-order valence-corrected chi connectivity index (χ2v) is 7.75. The molecule has 1 aromatic heterocycles. The molecule has 3 rings (SSSR count). The minimum absolute atomic E-state index is 0.389. The lowest BCUT2D eigenvalue weighted by Crippen LogP contribution is -2.26. The van der Waals surface area contributed by atoms with Crippen LogP contribution in [0.2, 0.25) is 5.02 Å². The van der Waals surface area contributed by atoms with Crippen molar-refractivity contribution in [1.29, 1.82) is 0 Å². The van der Waals surface area contributed by atoms with Crippen molar-refractivity contribution < 1.29 is 9.47 Å². The highest BCUT2D eigenvalue weighted by atomic mass is 35.5. The molecule has 0 atom stereocenters. The Kier molecular flexibility index (Phi) is 7.63. The molecule has 0 aliphatic rings. The number of aryl methyl sites for hydroxylation is 1. The molecule has 2 aromatic carbocycles. The molecule has 166 valence electrons. The summed E-state index contributed by atoms with van der Waals surface area (Å²) in [7, 11) is 0. The molecule has 0 spiro atoms. The fourth-order valence-electron chi connectivity index (χ4n) is 3.15. The second kappa shape index (κ2) is 10.4. The quantitative estimate of drug-likeness (QED) is 0.461. The monoisotopic (exact) mass is 445 g/mol. The summed E-state index contributed by atoms with van der Waals surface area (Å²) in [5.74, 6) is 1.29. The van der Waals surface area contributed by atoms with E-state index in [2.05, 4.69) is 18.9 Å². The maximum Gasteiger partial charge on any atom is 0.356 e. The first-order valence-electron chi connectivity index (χ1n) is 10.6. The topological polar surface area (TPSA) is 78.2 Å². The van der Waals surface area contributed by atoms with Gasteiger partial charge < -0.3 is 9.47 Å². The van der Waals surface area contributed by atoms with Gasteiger partial charge in [-0.2, -0.15) is 0 Å². The van der Waals surface area contributed by atoms with Crippen LogP contribution in [0.4, 0.5) is 0 Å². The molecule has 0 unspecified atom stereocenters. The first-order valence-corrected chi connectivity index (χ1v) is 10.9. The molecule has 0 saturated heterocycles. The Hall–Kier alpha value is -2.93. The summed E-state index contributed by atoms with van der Waals surface area (Å²) in [6.07, 6.45) is 3.96. The average molecular weight is 446 g/mol. The van der Waals surface area contributed by atoms with Crippen LogP contribution in [0.5, 0.6) is 11.5 Å². The van der Waals surface area contributed by atoms with Crippen molar-refractivity contribution in [2.45, 2.75) is 46.5 Å². The Morgan fingerprint density at radius 2 is 1.58 bits per heavy atom. The van der Waals surface area contributed by atoms with Crippen molar-refractivity contribution >= 4 is 11.6 Å². The molecule has 0 aliphatic heterocycles. The van der Waals surface area contributed by atoms with E-state index in [-0.39, 0.29) is 0 Å². The Morgan fingerprint density at radius 3 is 2.19 bits per heavy atom. The first kappa shape index (κ1) is 22.7. The van der Waals surface area contributed by atoms with Gasteiger partial charge in [0.25, 0.3) is 0 Å². The zero-order chi connectivity index (χ0) is 22.4. The number of nitrogens with zero attached hydrogens (tertiary/aromatic N) is 2. The highest BCUT2D eigenvalue weighted by molar-refractivity contribution is 6.32. The predicted molar refractivity (Wildman–Crippen MR) is 123 cm³/mol. The Bertz CT molecular complexity index is 1110. The molecule has 0 fully saturated rings. The summed E-state index contributed by atoms with van der Waals surface area (Å²) in [5.41, 5.74) is 0.648. The third-order valence-corrected chi connectivity index (χ3v) is 5.15. The molecule has 0 saturated carbocycles. The van der Waals surface area contributed by atoms with Crippen LogP contribution >= 0.6 is 11.6 Å². The summed E-state index contributed by atoms with van der Waals surface area (Å²) in [5, 5.41) is 2.98. The number of H-pyrrole nitrogens is 1. The number of unbranched alkanes of at least 4 members (excludes halogenated alkanes) is 2. The molecular formula is C23H28ClN3O4. The molecule has 3 aromatic rings. The van der Waals surface area contributed by atoms with Gasteiger partial charge in [0, 0.05) is 0 Å². The Balaban J connectivity index is 1.90. The van der Waals surface area contributed by atoms with Gasteiger partial charge in [0.15, 0.2) is 0 Å². The molecule has 0 amide bonds. The molecule has 0 bridgehead atoms. The average Bonchev–Trinajstić information content (AvgIpc) is 3.05. The van der Waals surface area contributed by atoms with Gasteiger partial charge in [-0.05, 0) is 61.7 Å². The van der Waals surface area contributed by atoms with Crippen LogP contribution in [0.1, 0.15) is 45.1 Å². The summed E-state index contributed by atoms with van der Waals surface area (Å²) >= 11 is 6.40. The van der Waals surface area contributed by atoms with E-state index in [9.17, 15) is 9.59 Å². The number of benzene rings is 2. The van der Waals surface area contributed by atoms with Gasteiger partial charge in [-0.1, -0.05) is 38.3 Å².